The summed E-state index contributed by atoms with van der Waals surface area (Å²) in [6, 6.07) is 0. The van der Waals surface area contributed by atoms with E-state index in [1.807, 2.05) is 0 Å². The van der Waals surface area contributed by atoms with Gasteiger partial charge in [0.05, 0.1) is 0 Å². The molecule has 104 valence electrons. The normalized spacial score (nSPS) is 5.44. The Bertz CT molecular complexity index is 171. The zero-order chi connectivity index (χ0) is 14.3. The van der Waals surface area contributed by atoms with Gasteiger partial charge < -0.3 is 72.6 Å². The SMILES string of the molecule is NC(=S)S.NC(=S)S.NC(=S)[S-].NC(=S)[S-].S.[Zn+2]. The molecule has 0 rings (SSSR count). The van der Waals surface area contributed by atoms with Crippen molar-refractivity contribution in [1.29, 1.82) is 0 Å². The Morgan fingerprint density at radius 2 is 0.722 bits per heavy atom. The van der Waals surface area contributed by atoms with Crippen molar-refractivity contribution in [3.8, 4) is 0 Å². The van der Waals surface area contributed by atoms with Gasteiger partial charge in [-0.05, 0) is 0 Å². The summed E-state index contributed by atoms with van der Waals surface area (Å²) in [5.74, 6) is 0. The van der Waals surface area contributed by atoms with Crippen molar-refractivity contribution < 1.29 is 19.5 Å². The standard InChI is InChI=1S/4CH3NS2.H2S.Zn/c4*2-1(3)4;;/h4*(H3,2,3,4);1H2;/q;;;;;+2/p-2. The fraction of sp³-hybridized carbons (Fsp3) is 0. The number of hydrogen-bond acceptors (Lipinski definition) is 6. The molecule has 0 aromatic carbocycles. The first-order valence-electron chi connectivity index (χ1n) is 2.83. The fourth-order valence-corrected chi connectivity index (χ4v) is 0. The zero-order valence-electron chi connectivity index (χ0n) is 8.86. The predicted octanol–water partition coefficient (Wildman–Crippen LogP) is -0.0163. The third-order valence-electron chi connectivity index (χ3n) is 0. The van der Waals surface area contributed by atoms with E-state index >= 15 is 0 Å². The maximum absolute atomic E-state index is 4.71. The van der Waals surface area contributed by atoms with Crippen LogP contribution in [0.4, 0.5) is 0 Å². The van der Waals surface area contributed by atoms with E-state index in [-0.39, 0.29) is 50.3 Å². The van der Waals surface area contributed by atoms with Gasteiger partial charge in [0.1, 0.15) is 8.64 Å². The number of hydrogen-bond donors (Lipinski definition) is 6. The summed E-state index contributed by atoms with van der Waals surface area (Å²) in [4.78, 5) is 0. The van der Waals surface area contributed by atoms with Gasteiger partial charge in [0, 0.05) is 0 Å². The second kappa shape index (κ2) is 31.2. The van der Waals surface area contributed by atoms with Gasteiger partial charge in [-0.3, -0.25) is 0 Å². The minimum absolute atomic E-state index is 0. The van der Waals surface area contributed by atoms with E-state index in [1.54, 1.807) is 0 Å². The van der Waals surface area contributed by atoms with Crippen LogP contribution in [-0.2, 0) is 44.7 Å². The van der Waals surface area contributed by atoms with E-state index in [0.29, 0.717) is 0 Å². The van der Waals surface area contributed by atoms with Crippen LogP contribution in [0.1, 0.15) is 0 Å². The minimum atomic E-state index is 0. The maximum Gasteiger partial charge on any atom is 2.00 e. The minimum Gasteiger partial charge on any atom is -0.415 e. The number of rotatable bonds is 0. The number of thiol groups is 2. The van der Waals surface area contributed by atoms with Gasteiger partial charge in [0.2, 0.25) is 0 Å². The third kappa shape index (κ3) is 1750. The molecule has 0 heterocycles. The van der Waals surface area contributed by atoms with Gasteiger partial charge in [-0.15, -0.1) is 25.3 Å². The molecule has 0 aliphatic heterocycles. The maximum atomic E-state index is 4.71. The Labute approximate surface area is 170 Å². The average Bonchev–Trinajstić information content (AvgIpc) is 1.76. The summed E-state index contributed by atoms with van der Waals surface area (Å²) in [5.41, 5.74) is 18.7. The van der Waals surface area contributed by atoms with Crippen molar-refractivity contribution in [3.05, 3.63) is 0 Å². The average molecular weight is 470 g/mol. The molecule has 0 amide bonds. The molecule has 0 aromatic rings. The molecule has 8 N–H and O–H groups in total. The van der Waals surface area contributed by atoms with Crippen molar-refractivity contribution in [3.63, 3.8) is 0 Å². The van der Waals surface area contributed by atoms with E-state index in [1.165, 1.54) is 0 Å². The molecule has 14 heteroatoms. The number of nitrogens with two attached hydrogens (primary N) is 4. The molecule has 0 saturated heterocycles. The summed E-state index contributed by atoms with van der Waals surface area (Å²) < 4.78 is 0.556. The summed E-state index contributed by atoms with van der Waals surface area (Å²) in [6.07, 6.45) is 0. The molecule has 0 unspecified atom stereocenters. The Kier molecular flexibility index (Phi) is 63.6. The van der Waals surface area contributed by atoms with Crippen LogP contribution in [0.2, 0.25) is 0 Å². The molecule has 4 nitrogen and oxygen atoms in total. The van der Waals surface area contributed by atoms with Crippen LogP contribution in [0, 0.1) is 0 Å². The Hall–Kier alpha value is 1.67. The molecule has 0 aromatic heterocycles. The van der Waals surface area contributed by atoms with E-state index in [4.69, 9.17) is 11.5 Å². The summed E-state index contributed by atoms with van der Waals surface area (Å²) in [5, 5.41) is 0. The van der Waals surface area contributed by atoms with Crippen LogP contribution in [0.5, 0.6) is 0 Å². The predicted molar refractivity (Wildman–Crippen MR) is 110 cm³/mol. The van der Waals surface area contributed by atoms with Crippen molar-refractivity contribution in [2.24, 2.45) is 22.9 Å². The second-order valence-electron chi connectivity index (χ2n) is 1.31. The second-order valence-corrected chi connectivity index (χ2v) is 6.04. The van der Waals surface area contributed by atoms with Crippen molar-refractivity contribution in [2.45, 2.75) is 0 Å². The van der Waals surface area contributed by atoms with Gasteiger partial charge in [-0.25, -0.2) is 0 Å². The first kappa shape index (κ1) is 36.7. The van der Waals surface area contributed by atoms with E-state index in [0.717, 1.165) is 0 Å². The van der Waals surface area contributed by atoms with Crippen LogP contribution < -0.4 is 22.9 Å². The van der Waals surface area contributed by atoms with Crippen LogP contribution >= 0.6 is 87.6 Å². The quantitative estimate of drug-likeness (QED) is 0.125. The van der Waals surface area contributed by atoms with Crippen LogP contribution in [-0.4, -0.2) is 17.3 Å². The van der Waals surface area contributed by atoms with Gasteiger partial charge in [0.25, 0.3) is 0 Å². The van der Waals surface area contributed by atoms with Crippen LogP contribution in [0.25, 0.3) is 0 Å². The Balaban J connectivity index is -0.0000000257. The molecule has 0 spiro atoms. The largest absolute Gasteiger partial charge is 2.00 e. The fourth-order valence-electron chi connectivity index (χ4n) is 0. The number of thiocarbonyl (C=S) groups is 4. The van der Waals surface area contributed by atoms with Gasteiger partial charge in [0.15, 0.2) is 0 Å². The summed E-state index contributed by atoms with van der Waals surface area (Å²) in [6.45, 7) is 0. The van der Waals surface area contributed by atoms with Gasteiger partial charge >= 0.3 is 19.5 Å². The summed E-state index contributed by atoms with van der Waals surface area (Å²) >= 11 is 31.8. The van der Waals surface area contributed by atoms with E-state index in [2.05, 4.69) is 111 Å². The molecule has 0 atom stereocenters. The van der Waals surface area contributed by atoms with E-state index < -0.39 is 0 Å². The van der Waals surface area contributed by atoms with E-state index in [9.17, 15) is 0 Å². The third-order valence-corrected chi connectivity index (χ3v) is 0. The zero-order valence-corrected chi connectivity index (χ0v) is 19.5. The first-order valence-corrected chi connectivity index (χ1v) is 6.17. The molecule has 0 fully saturated rings. The topological polar surface area (TPSA) is 104 Å². The monoisotopic (exact) mass is 468 g/mol. The van der Waals surface area contributed by atoms with Crippen LogP contribution in [0.15, 0.2) is 0 Å². The molecule has 0 saturated carbocycles. The summed E-state index contributed by atoms with van der Waals surface area (Å²) in [7, 11) is 0. The Morgan fingerprint density at radius 1 is 0.722 bits per heavy atom. The molecular weight excluding hydrogens is 458 g/mol. The van der Waals surface area contributed by atoms with Crippen molar-refractivity contribution in [2.75, 3.05) is 0 Å². The van der Waals surface area contributed by atoms with Crippen molar-refractivity contribution in [1.82, 2.24) is 0 Å². The molecular formula is C4H12N4S9Zn. The Morgan fingerprint density at radius 3 is 0.722 bits per heavy atom. The molecule has 0 aliphatic rings. The smallest absolute Gasteiger partial charge is 0.415 e. The molecule has 0 radical (unpaired) electrons. The molecule has 0 bridgehead atoms. The van der Waals surface area contributed by atoms with Crippen LogP contribution in [0.3, 0.4) is 0 Å². The van der Waals surface area contributed by atoms with Crippen molar-refractivity contribution >= 4 is 130 Å². The van der Waals surface area contributed by atoms with Gasteiger partial charge in [-0.2, -0.15) is 13.5 Å². The molecule has 18 heavy (non-hydrogen) atoms. The molecule has 0 aliphatic carbocycles. The van der Waals surface area contributed by atoms with Gasteiger partial charge in [-0.1, -0.05) is 33.1 Å². The first-order chi connectivity index (χ1) is 6.93.